The molecule has 0 spiro atoms. The van der Waals surface area contributed by atoms with Crippen molar-refractivity contribution in [2.45, 2.75) is 0 Å². The Kier molecular flexibility index (Phi) is 13.1. The van der Waals surface area contributed by atoms with Crippen LogP contribution in [0.4, 0.5) is 0 Å². The maximum Gasteiger partial charge on any atom is 0.138 e. The topological polar surface area (TPSA) is 54.4 Å². The first kappa shape index (κ1) is 12.5. The lowest BCUT2D eigenvalue weighted by molar-refractivity contribution is -0.0979. The molecule has 1 aromatic carbocycles. The zero-order valence-corrected chi connectivity index (χ0v) is 6.86. The average molecular weight is 172 g/mol. The molecule has 0 atom stereocenters. The molecule has 0 heterocycles. The fourth-order valence-corrected chi connectivity index (χ4v) is 0.428. The van der Waals surface area contributed by atoms with Gasteiger partial charge in [-0.3, -0.25) is 4.57 Å². The summed E-state index contributed by atoms with van der Waals surface area (Å²) in [5.41, 5.74) is 0. The van der Waals surface area contributed by atoms with Gasteiger partial charge < -0.3 is 9.90 Å². The highest BCUT2D eigenvalue weighted by Gasteiger charge is 1.74. The summed E-state index contributed by atoms with van der Waals surface area (Å²) in [5.74, 6) is 0.322. The third-order valence-electron chi connectivity index (χ3n) is 0.756. The molecule has 1 aromatic rings. The van der Waals surface area contributed by atoms with Gasteiger partial charge in [-0.25, -0.2) is 0 Å². The summed E-state index contributed by atoms with van der Waals surface area (Å²) in [5, 5.41) is 8.63. The van der Waals surface area contributed by atoms with E-state index in [0.29, 0.717) is 5.75 Å². The lowest BCUT2D eigenvalue weighted by atomic mass is 10.3. The molecule has 0 unspecified atom stereocenters. The summed E-state index contributed by atoms with van der Waals surface area (Å²) in [6.07, 6.45) is 0. The zero-order chi connectivity index (χ0) is 9.11. The van der Waals surface area contributed by atoms with Gasteiger partial charge in [0.2, 0.25) is 0 Å². The van der Waals surface area contributed by atoms with Gasteiger partial charge in [0.15, 0.2) is 0 Å². The molecule has 0 saturated carbocycles. The molecular weight excluding hydrogens is 163 g/mol. The van der Waals surface area contributed by atoms with Crippen LogP contribution in [0.3, 0.4) is 0 Å². The third kappa shape index (κ3) is 8.79. The van der Waals surface area contributed by atoms with Crippen molar-refractivity contribution in [2.75, 3.05) is 0 Å². The first-order valence-electron chi connectivity index (χ1n) is 2.63. The van der Waals surface area contributed by atoms with Crippen molar-refractivity contribution < 1.29 is 14.5 Å². The van der Waals surface area contributed by atoms with E-state index < -0.39 is 0 Å². The third-order valence-corrected chi connectivity index (χ3v) is 0.756. The van der Waals surface area contributed by atoms with Crippen LogP contribution in [0.1, 0.15) is 0 Å². The van der Waals surface area contributed by atoms with Crippen LogP contribution >= 0.6 is 9.12 Å². The molecule has 4 heteroatoms. The van der Waals surface area contributed by atoms with Crippen molar-refractivity contribution in [3.8, 4) is 5.75 Å². The van der Waals surface area contributed by atoms with E-state index in [1.165, 1.54) is 0 Å². The van der Waals surface area contributed by atoms with E-state index in [1.807, 2.05) is 12.9 Å². The second-order valence-corrected chi connectivity index (χ2v) is 1.34. The Hall–Kier alpha value is -1.21. The molecule has 0 aromatic heterocycles. The first-order chi connectivity index (χ1) is 5.39. The molecule has 0 radical (unpaired) electrons. The number of phenols is 1. The summed E-state index contributed by atoms with van der Waals surface area (Å²) in [4.78, 5) is 8.00. The SMILES string of the molecule is C=O.O=P.Oc1ccccc1. The minimum Gasteiger partial charge on any atom is -0.508 e. The molecule has 1 rings (SSSR count). The van der Waals surface area contributed by atoms with Crippen LogP contribution in [0.2, 0.25) is 0 Å². The van der Waals surface area contributed by atoms with E-state index in [-0.39, 0.29) is 0 Å². The number of carbonyl (C=O) groups excluding carboxylic acids is 1. The molecule has 60 valence electrons. The van der Waals surface area contributed by atoms with Crippen LogP contribution in [0.25, 0.3) is 0 Å². The van der Waals surface area contributed by atoms with E-state index in [4.69, 9.17) is 14.5 Å². The number of aromatic hydroxyl groups is 1. The maximum absolute atomic E-state index is 8.63. The summed E-state index contributed by atoms with van der Waals surface area (Å²) in [7, 11) is 1.72. The van der Waals surface area contributed by atoms with Crippen molar-refractivity contribution in [3.05, 3.63) is 30.3 Å². The average Bonchev–Trinajstić information content (AvgIpc) is 2.13. The molecule has 0 bridgehead atoms. The summed E-state index contributed by atoms with van der Waals surface area (Å²) in [6.45, 7) is 2.00. The molecule has 0 amide bonds. The summed E-state index contributed by atoms with van der Waals surface area (Å²) in [6, 6.07) is 8.71. The molecule has 0 aliphatic heterocycles. The van der Waals surface area contributed by atoms with E-state index in [1.54, 1.807) is 33.4 Å². The van der Waals surface area contributed by atoms with Gasteiger partial charge in [-0.1, -0.05) is 18.2 Å². The normalized spacial score (nSPS) is 6.18. The van der Waals surface area contributed by atoms with Gasteiger partial charge in [0, 0.05) is 0 Å². The Morgan fingerprint density at radius 3 is 1.64 bits per heavy atom. The molecule has 0 fully saturated rings. The van der Waals surface area contributed by atoms with Gasteiger partial charge in [-0.15, -0.1) is 0 Å². The molecule has 11 heavy (non-hydrogen) atoms. The van der Waals surface area contributed by atoms with Crippen molar-refractivity contribution >= 4 is 15.9 Å². The lowest BCUT2D eigenvalue weighted by Gasteiger charge is -1.82. The number of hydrogen-bond donors (Lipinski definition) is 1. The Balaban J connectivity index is 0. The first-order valence-corrected chi connectivity index (χ1v) is 3.04. The fraction of sp³-hybridized carbons (Fsp3) is 0. The largest absolute Gasteiger partial charge is 0.508 e. The highest BCUT2D eigenvalue weighted by atomic mass is 31.0. The van der Waals surface area contributed by atoms with Crippen molar-refractivity contribution in [2.24, 2.45) is 0 Å². The van der Waals surface area contributed by atoms with Crippen LogP contribution in [0, 0.1) is 0 Å². The fourth-order valence-electron chi connectivity index (χ4n) is 0.428. The molecular formula is C7H9O3P. The minimum atomic E-state index is 0.322. The molecule has 1 N–H and O–H groups in total. The monoisotopic (exact) mass is 172 g/mol. The van der Waals surface area contributed by atoms with E-state index in [0.717, 1.165) is 0 Å². The number of phenolic OH excluding ortho intramolecular Hbond substituents is 1. The standard InChI is InChI=1S/C6H6O.CH2O.HOP/c7-6-4-2-1-3-5-6;2*1-2/h1-5,7H;1H2;2H. The van der Waals surface area contributed by atoms with E-state index in [2.05, 4.69) is 0 Å². The zero-order valence-electron chi connectivity index (χ0n) is 5.86. The lowest BCUT2D eigenvalue weighted by Crippen LogP contribution is -1.56. The van der Waals surface area contributed by atoms with Crippen molar-refractivity contribution in [1.82, 2.24) is 0 Å². The Morgan fingerprint density at radius 1 is 1.09 bits per heavy atom. The van der Waals surface area contributed by atoms with Gasteiger partial charge >= 0.3 is 0 Å². The second kappa shape index (κ2) is 11.6. The van der Waals surface area contributed by atoms with E-state index >= 15 is 0 Å². The quantitative estimate of drug-likeness (QED) is 0.605. The predicted molar refractivity (Wildman–Crippen MR) is 44.2 cm³/mol. The Labute approximate surface area is 67.3 Å². The van der Waals surface area contributed by atoms with Gasteiger partial charge in [0.1, 0.15) is 21.7 Å². The van der Waals surface area contributed by atoms with Gasteiger partial charge in [0.25, 0.3) is 0 Å². The summed E-state index contributed by atoms with van der Waals surface area (Å²) >= 11 is 0. The highest BCUT2D eigenvalue weighted by Crippen LogP contribution is 2.02. The summed E-state index contributed by atoms with van der Waals surface area (Å²) < 4.78 is 8.06. The molecule has 0 saturated heterocycles. The van der Waals surface area contributed by atoms with Crippen LogP contribution in [-0.2, 0) is 9.36 Å². The molecule has 0 aliphatic carbocycles. The van der Waals surface area contributed by atoms with Crippen LogP contribution in [0.15, 0.2) is 30.3 Å². The molecule has 3 nitrogen and oxygen atoms in total. The minimum absolute atomic E-state index is 0.322. The number of hydrogen-bond acceptors (Lipinski definition) is 3. The number of carbonyl (C=O) groups is 1. The van der Waals surface area contributed by atoms with Gasteiger partial charge in [0.05, 0.1) is 0 Å². The second-order valence-electron chi connectivity index (χ2n) is 1.34. The van der Waals surface area contributed by atoms with E-state index in [9.17, 15) is 0 Å². The molecule has 0 aliphatic rings. The smallest absolute Gasteiger partial charge is 0.138 e. The van der Waals surface area contributed by atoms with Crippen LogP contribution in [0.5, 0.6) is 5.75 Å². The number of benzene rings is 1. The van der Waals surface area contributed by atoms with Gasteiger partial charge in [-0.2, -0.15) is 0 Å². The van der Waals surface area contributed by atoms with Crippen molar-refractivity contribution in [3.63, 3.8) is 0 Å². The number of para-hydroxylation sites is 1. The Morgan fingerprint density at radius 2 is 1.45 bits per heavy atom. The maximum atomic E-state index is 8.63. The Bertz CT molecular complexity index is 165. The predicted octanol–water partition coefficient (Wildman–Crippen LogP) is 1.68. The van der Waals surface area contributed by atoms with Crippen molar-refractivity contribution in [1.29, 1.82) is 0 Å². The number of rotatable bonds is 0. The highest BCUT2D eigenvalue weighted by molar-refractivity contribution is 7.00. The van der Waals surface area contributed by atoms with Gasteiger partial charge in [-0.05, 0) is 12.1 Å². The van der Waals surface area contributed by atoms with Crippen LogP contribution in [-0.4, -0.2) is 11.9 Å². The van der Waals surface area contributed by atoms with Crippen LogP contribution < -0.4 is 0 Å².